The summed E-state index contributed by atoms with van der Waals surface area (Å²) in [5, 5.41) is 12.0. The quantitative estimate of drug-likeness (QED) is 0.723. The van der Waals surface area contributed by atoms with E-state index in [0.29, 0.717) is 5.02 Å². The van der Waals surface area contributed by atoms with Crippen molar-refractivity contribution in [3.8, 4) is 0 Å². The average Bonchev–Trinajstić information content (AvgIpc) is 2.49. The van der Waals surface area contributed by atoms with Gasteiger partial charge in [0.1, 0.15) is 0 Å². The van der Waals surface area contributed by atoms with Crippen LogP contribution in [0.2, 0.25) is 5.02 Å². The van der Waals surface area contributed by atoms with Crippen molar-refractivity contribution in [2.75, 3.05) is 0 Å². The summed E-state index contributed by atoms with van der Waals surface area (Å²) >= 11 is 7.01. The normalized spacial score (nSPS) is 10.5. The zero-order valence-electron chi connectivity index (χ0n) is 6.41. The number of halogens is 1. The van der Waals surface area contributed by atoms with Crippen LogP contribution >= 0.6 is 22.9 Å². The van der Waals surface area contributed by atoms with Gasteiger partial charge in [-0.05, 0) is 17.5 Å². The van der Waals surface area contributed by atoms with E-state index in [-0.39, 0.29) is 4.88 Å². The largest absolute Gasteiger partial charge is 0.544 e. The van der Waals surface area contributed by atoms with E-state index >= 15 is 0 Å². The number of carbonyl (C=O) groups excluding carboxylic acids is 1. The number of carboxylic acids is 1. The molecule has 0 radical (unpaired) electrons. The molecular formula is C9H4ClO2S-. The maximum Gasteiger partial charge on any atom is 0.0815 e. The Hall–Kier alpha value is -1.06. The molecule has 1 aromatic heterocycles. The smallest absolute Gasteiger partial charge is 0.0815 e. The van der Waals surface area contributed by atoms with Crippen LogP contribution in [-0.2, 0) is 0 Å². The molecule has 2 aromatic rings. The zero-order chi connectivity index (χ0) is 9.42. The molecule has 0 amide bonds. The van der Waals surface area contributed by atoms with Crippen molar-refractivity contribution in [3.63, 3.8) is 0 Å². The van der Waals surface area contributed by atoms with Crippen LogP contribution in [0.3, 0.4) is 0 Å². The van der Waals surface area contributed by atoms with Crippen LogP contribution in [0.15, 0.2) is 24.3 Å². The number of fused-ring (bicyclic) bond motifs is 1. The van der Waals surface area contributed by atoms with E-state index in [1.807, 2.05) is 6.07 Å². The predicted octanol–water partition coefficient (Wildman–Crippen LogP) is 1.92. The number of aromatic carboxylic acids is 1. The van der Waals surface area contributed by atoms with Gasteiger partial charge in [0, 0.05) is 0 Å². The Bertz CT molecular complexity index is 475. The first-order valence-electron chi connectivity index (χ1n) is 3.58. The maximum atomic E-state index is 10.5. The second-order valence-corrected chi connectivity index (χ2v) is 4.02. The maximum absolute atomic E-state index is 10.5. The third-order valence-electron chi connectivity index (χ3n) is 1.70. The molecule has 0 aliphatic carbocycles. The van der Waals surface area contributed by atoms with Crippen LogP contribution in [-0.4, -0.2) is 5.97 Å². The fraction of sp³-hybridized carbons (Fsp3) is 0. The molecule has 1 aromatic carbocycles. The number of hydrogen-bond donors (Lipinski definition) is 0. The highest BCUT2D eigenvalue weighted by molar-refractivity contribution is 7.21. The Morgan fingerprint density at radius 1 is 1.46 bits per heavy atom. The summed E-state index contributed by atoms with van der Waals surface area (Å²) in [7, 11) is 0. The number of carboxylic acid groups (broad SMARTS) is 1. The minimum atomic E-state index is -1.16. The predicted molar refractivity (Wildman–Crippen MR) is 51.2 cm³/mol. The number of carbonyl (C=O) groups is 1. The van der Waals surface area contributed by atoms with Crippen LogP contribution < -0.4 is 5.11 Å². The lowest BCUT2D eigenvalue weighted by Gasteiger charge is -1.92. The molecule has 0 bridgehead atoms. The molecule has 0 fully saturated rings. The highest BCUT2D eigenvalue weighted by Gasteiger charge is 2.04. The lowest BCUT2D eigenvalue weighted by atomic mass is 10.2. The lowest BCUT2D eigenvalue weighted by molar-refractivity contribution is -0.254. The van der Waals surface area contributed by atoms with Gasteiger partial charge in [0.25, 0.3) is 0 Å². The third-order valence-corrected chi connectivity index (χ3v) is 3.29. The van der Waals surface area contributed by atoms with Gasteiger partial charge in [-0.25, -0.2) is 0 Å². The molecule has 0 saturated heterocycles. The van der Waals surface area contributed by atoms with Crippen molar-refractivity contribution in [3.05, 3.63) is 34.2 Å². The SMILES string of the molecule is O=C([O-])c1cc2cccc(Cl)c2s1. The molecule has 2 rings (SSSR count). The number of thiophene rings is 1. The monoisotopic (exact) mass is 211 g/mol. The first kappa shape index (κ1) is 8.53. The van der Waals surface area contributed by atoms with Crippen LogP contribution in [0.1, 0.15) is 9.67 Å². The second-order valence-electron chi connectivity index (χ2n) is 2.56. The van der Waals surface area contributed by atoms with E-state index in [0.717, 1.165) is 21.4 Å². The van der Waals surface area contributed by atoms with E-state index in [1.165, 1.54) is 0 Å². The summed E-state index contributed by atoms with van der Waals surface area (Å²) in [6, 6.07) is 6.92. The van der Waals surface area contributed by atoms with Crippen molar-refractivity contribution in [1.29, 1.82) is 0 Å². The summed E-state index contributed by atoms with van der Waals surface area (Å²) in [4.78, 5) is 10.7. The van der Waals surface area contributed by atoms with Gasteiger partial charge in [-0.3, -0.25) is 0 Å². The van der Waals surface area contributed by atoms with Crippen molar-refractivity contribution < 1.29 is 9.90 Å². The molecule has 1 heterocycles. The molecule has 0 aliphatic rings. The first-order valence-corrected chi connectivity index (χ1v) is 4.77. The summed E-state index contributed by atoms with van der Waals surface area (Å²) in [6.07, 6.45) is 0. The molecule has 0 spiro atoms. The molecule has 0 saturated carbocycles. The van der Waals surface area contributed by atoms with Gasteiger partial charge in [-0.15, -0.1) is 11.3 Å². The zero-order valence-corrected chi connectivity index (χ0v) is 7.98. The highest BCUT2D eigenvalue weighted by Crippen LogP contribution is 2.31. The van der Waals surface area contributed by atoms with Crippen molar-refractivity contribution in [1.82, 2.24) is 0 Å². The van der Waals surface area contributed by atoms with E-state index in [2.05, 4.69) is 0 Å². The van der Waals surface area contributed by atoms with Gasteiger partial charge < -0.3 is 9.90 Å². The molecule has 0 atom stereocenters. The second kappa shape index (κ2) is 3.01. The van der Waals surface area contributed by atoms with E-state index in [1.54, 1.807) is 18.2 Å². The fourth-order valence-corrected chi connectivity index (χ4v) is 2.33. The molecule has 13 heavy (non-hydrogen) atoms. The Morgan fingerprint density at radius 2 is 2.23 bits per heavy atom. The summed E-state index contributed by atoms with van der Waals surface area (Å²) in [6.45, 7) is 0. The molecule has 66 valence electrons. The summed E-state index contributed by atoms with van der Waals surface area (Å²) in [5.41, 5.74) is 0. The molecular weight excluding hydrogens is 208 g/mol. The minimum Gasteiger partial charge on any atom is -0.544 e. The van der Waals surface area contributed by atoms with Gasteiger partial charge in [0.05, 0.1) is 20.6 Å². The van der Waals surface area contributed by atoms with Gasteiger partial charge >= 0.3 is 0 Å². The Balaban J connectivity index is 2.75. The topological polar surface area (TPSA) is 40.1 Å². The van der Waals surface area contributed by atoms with Gasteiger partial charge in [0.15, 0.2) is 0 Å². The van der Waals surface area contributed by atoms with E-state index in [9.17, 15) is 9.90 Å². The number of rotatable bonds is 1. The Kier molecular flexibility index (Phi) is 1.98. The Labute approximate surface area is 83.4 Å². The lowest BCUT2D eigenvalue weighted by Crippen LogP contribution is -2.20. The number of benzene rings is 1. The molecule has 2 nitrogen and oxygen atoms in total. The minimum absolute atomic E-state index is 0.211. The molecule has 0 N–H and O–H groups in total. The average molecular weight is 212 g/mol. The first-order chi connectivity index (χ1) is 6.18. The van der Waals surface area contributed by atoms with Crippen molar-refractivity contribution in [2.24, 2.45) is 0 Å². The number of hydrogen-bond acceptors (Lipinski definition) is 3. The van der Waals surface area contributed by atoms with E-state index < -0.39 is 5.97 Å². The summed E-state index contributed by atoms with van der Waals surface area (Å²) in [5.74, 6) is -1.16. The fourth-order valence-electron chi connectivity index (χ4n) is 1.13. The Morgan fingerprint density at radius 3 is 2.85 bits per heavy atom. The van der Waals surface area contributed by atoms with Crippen molar-refractivity contribution in [2.45, 2.75) is 0 Å². The molecule has 4 heteroatoms. The van der Waals surface area contributed by atoms with Crippen LogP contribution in [0.5, 0.6) is 0 Å². The van der Waals surface area contributed by atoms with Gasteiger partial charge in [-0.1, -0.05) is 23.7 Å². The van der Waals surface area contributed by atoms with E-state index in [4.69, 9.17) is 11.6 Å². The van der Waals surface area contributed by atoms with Gasteiger partial charge in [0.2, 0.25) is 0 Å². The standard InChI is InChI=1S/C9H5ClO2S/c10-6-3-1-2-5-4-7(9(11)12)13-8(5)6/h1-4H,(H,11,12)/p-1. The van der Waals surface area contributed by atoms with Crippen LogP contribution in [0.25, 0.3) is 10.1 Å². The summed E-state index contributed by atoms with van der Waals surface area (Å²) < 4.78 is 0.795. The third kappa shape index (κ3) is 1.41. The van der Waals surface area contributed by atoms with Crippen LogP contribution in [0, 0.1) is 0 Å². The molecule has 0 aliphatic heterocycles. The highest BCUT2D eigenvalue weighted by atomic mass is 35.5. The van der Waals surface area contributed by atoms with Crippen LogP contribution in [0.4, 0.5) is 0 Å². The van der Waals surface area contributed by atoms with Gasteiger partial charge in [-0.2, -0.15) is 0 Å². The molecule has 0 unspecified atom stereocenters. The van der Waals surface area contributed by atoms with Crippen molar-refractivity contribution >= 4 is 39.0 Å².